The number of likely N-dealkylation sites (N-methyl/N-ethyl adjacent to an activating group) is 1. The van der Waals surface area contributed by atoms with Crippen molar-refractivity contribution in [3.05, 3.63) is 53.3 Å². The lowest BCUT2D eigenvalue weighted by Crippen LogP contribution is -2.45. The summed E-state index contributed by atoms with van der Waals surface area (Å²) in [5.41, 5.74) is 2.83. The largest absolute Gasteiger partial charge is 0.490 e. The average Bonchev–Trinajstić information content (AvgIpc) is 3.35. The lowest BCUT2D eigenvalue weighted by Gasteiger charge is -2.29. The molecular weight excluding hydrogens is 483 g/mol. The van der Waals surface area contributed by atoms with Gasteiger partial charge in [0.1, 0.15) is 17.7 Å². The molecule has 1 amide bonds. The topological polar surface area (TPSA) is 78.9 Å². The maximum Gasteiger partial charge on any atom is 0.307 e. The molecule has 2 aromatic rings. The van der Waals surface area contributed by atoms with E-state index >= 15 is 4.39 Å². The molecular formula is C31H39FN2O4. The summed E-state index contributed by atoms with van der Waals surface area (Å²) >= 11 is 0. The third-order valence-electron chi connectivity index (χ3n) is 8.57. The molecule has 0 radical (unpaired) electrons. The molecule has 2 saturated carbocycles. The first-order chi connectivity index (χ1) is 18.1. The second-order valence-corrected chi connectivity index (χ2v) is 12.2. The smallest absolute Gasteiger partial charge is 0.307 e. The van der Waals surface area contributed by atoms with Gasteiger partial charge in [-0.2, -0.15) is 0 Å². The number of nitrogens with one attached hydrogen (secondary N) is 1. The number of aliphatic carboxylic acids is 1. The van der Waals surface area contributed by atoms with E-state index in [1.165, 1.54) is 6.07 Å². The van der Waals surface area contributed by atoms with Crippen LogP contribution in [0, 0.1) is 11.2 Å². The molecule has 204 valence electrons. The van der Waals surface area contributed by atoms with E-state index in [0.717, 1.165) is 50.6 Å². The molecule has 6 nitrogen and oxygen atoms in total. The number of rotatable bonds is 8. The predicted molar refractivity (Wildman–Crippen MR) is 145 cm³/mol. The molecule has 1 heterocycles. The minimum atomic E-state index is -0.936. The van der Waals surface area contributed by atoms with Crippen LogP contribution in [0.4, 0.5) is 4.39 Å². The van der Waals surface area contributed by atoms with Crippen LogP contribution in [0.1, 0.15) is 75.8 Å². The van der Waals surface area contributed by atoms with Crippen molar-refractivity contribution in [3.63, 3.8) is 0 Å². The number of nitrogens with zero attached hydrogens (tertiary/aromatic N) is 1. The molecule has 2 N–H and O–H groups in total. The highest BCUT2D eigenvalue weighted by molar-refractivity contribution is 5.83. The van der Waals surface area contributed by atoms with Crippen LogP contribution in [-0.2, 0) is 16.0 Å². The molecule has 0 unspecified atom stereocenters. The number of amides is 1. The zero-order chi connectivity index (χ0) is 27.0. The van der Waals surface area contributed by atoms with Crippen LogP contribution >= 0.6 is 0 Å². The fraction of sp³-hybridized carbons (Fsp3) is 0.548. The minimum absolute atomic E-state index is 0.0370. The van der Waals surface area contributed by atoms with Crippen LogP contribution in [0.25, 0.3) is 11.1 Å². The van der Waals surface area contributed by atoms with Crippen LogP contribution in [0.3, 0.4) is 0 Å². The third kappa shape index (κ3) is 5.58. The van der Waals surface area contributed by atoms with Crippen molar-refractivity contribution in [3.8, 4) is 16.9 Å². The van der Waals surface area contributed by atoms with Crippen molar-refractivity contribution in [2.24, 2.45) is 5.41 Å². The first-order valence-electron chi connectivity index (χ1n) is 13.9. The summed E-state index contributed by atoms with van der Waals surface area (Å²) in [6, 6.07) is 10.5. The van der Waals surface area contributed by atoms with Gasteiger partial charge in [0.2, 0.25) is 5.91 Å². The molecule has 0 aromatic heterocycles. The van der Waals surface area contributed by atoms with Gasteiger partial charge in [-0.1, -0.05) is 44.5 Å². The van der Waals surface area contributed by atoms with E-state index in [2.05, 4.69) is 24.1 Å². The Labute approximate surface area is 224 Å². The number of carbonyl (C=O) groups excluding carboxylic acids is 1. The zero-order valence-electron chi connectivity index (χ0n) is 22.6. The number of likely N-dealkylation sites (tertiary alicyclic amines) is 1. The van der Waals surface area contributed by atoms with Gasteiger partial charge in [-0.25, -0.2) is 4.39 Å². The van der Waals surface area contributed by atoms with Gasteiger partial charge in [0.15, 0.2) is 0 Å². The van der Waals surface area contributed by atoms with Crippen molar-refractivity contribution in [2.75, 3.05) is 13.6 Å². The Balaban J connectivity index is 1.36. The number of carboxylic acid groups (broad SMARTS) is 1. The highest BCUT2D eigenvalue weighted by atomic mass is 19.1. The Hall–Kier alpha value is -2.93. The van der Waals surface area contributed by atoms with Gasteiger partial charge in [0.05, 0.1) is 12.5 Å². The number of carboxylic acids is 1. The lowest BCUT2D eigenvalue weighted by atomic mass is 9.76. The normalized spacial score (nSPS) is 25.2. The number of ether oxygens (including phenoxy) is 1. The summed E-state index contributed by atoms with van der Waals surface area (Å²) in [6.45, 7) is 5.29. The summed E-state index contributed by atoms with van der Waals surface area (Å²) in [5.74, 6) is -0.371. The second-order valence-electron chi connectivity index (χ2n) is 12.2. The van der Waals surface area contributed by atoms with E-state index in [1.807, 2.05) is 25.2 Å². The Morgan fingerprint density at radius 3 is 2.55 bits per heavy atom. The number of benzene rings is 2. The molecule has 2 aliphatic carbocycles. The monoisotopic (exact) mass is 522 g/mol. The molecule has 38 heavy (non-hydrogen) atoms. The van der Waals surface area contributed by atoms with Crippen molar-refractivity contribution in [1.29, 1.82) is 0 Å². The Bertz CT molecular complexity index is 1210. The number of halogens is 1. The van der Waals surface area contributed by atoms with Gasteiger partial charge in [0.25, 0.3) is 0 Å². The van der Waals surface area contributed by atoms with E-state index in [-0.39, 0.29) is 47.7 Å². The van der Waals surface area contributed by atoms with Crippen LogP contribution in [0.2, 0.25) is 0 Å². The SMILES string of the molecule is CN1CC(C)(C)C[C@H]1C(=O)N[C@@H]1CC[C@@H](Oc2cccc(CC(=O)O)c2-c2cccc(F)c2C2CCC2)C1. The lowest BCUT2D eigenvalue weighted by molar-refractivity contribution is -0.136. The highest BCUT2D eigenvalue weighted by Gasteiger charge is 2.40. The maximum atomic E-state index is 15.1. The van der Waals surface area contributed by atoms with Crippen molar-refractivity contribution >= 4 is 11.9 Å². The summed E-state index contributed by atoms with van der Waals surface area (Å²) in [6.07, 6.45) is 5.81. The van der Waals surface area contributed by atoms with E-state index < -0.39 is 5.97 Å². The Morgan fingerprint density at radius 2 is 1.89 bits per heavy atom. The molecule has 5 rings (SSSR count). The summed E-state index contributed by atoms with van der Waals surface area (Å²) in [5, 5.41) is 12.9. The molecule has 1 aliphatic heterocycles. The summed E-state index contributed by atoms with van der Waals surface area (Å²) in [7, 11) is 2.01. The van der Waals surface area contributed by atoms with E-state index in [0.29, 0.717) is 28.9 Å². The number of carbonyl (C=O) groups is 2. The second kappa shape index (κ2) is 10.7. The quantitative estimate of drug-likeness (QED) is 0.476. The predicted octanol–water partition coefficient (Wildman–Crippen LogP) is 5.53. The van der Waals surface area contributed by atoms with E-state index in [1.54, 1.807) is 12.1 Å². The van der Waals surface area contributed by atoms with Gasteiger partial charge < -0.3 is 15.2 Å². The van der Waals surface area contributed by atoms with Crippen molar-refractivity contribution < 1.29 is 23.8 Å². The standard InChI is InChI=1S/C31H39FN2O4/c1-31(2)17-25(34(3)18-31)30(37)33-21-13-14-22(16-21)38-26-12-5-9-20(15-27(35)36)29(26)23-10-6-11-24(32)28(23)19-7-4-8-19/h5-6,9-12,19,21-22,25H,4,7-8,13-18H2,1-3H3,(H,33,37)(H,35,36)/t21-,22-,25+/m1/s1. The molecule has 3 aliphatic rings. The van der Waals surface area contributed by atoms with Crippen LogP contribution in [0.5, 0.6) is 5.75 Å². The summed E-state index contributed by atoms with van der Waals surface area (Å²) < 4.78 is 21.6. The average molecular weight is 523 g/mol. The van der Waals surface area contributed by atoms with Gasteiger partial charge in [0, 0.05) is 24.6 Å². The summed E-state index contributed by atoms with van der Waals surface area (Å²) in [4.78, 5) is 26.9. The van der Waals surface area contributed by atoms with Gasteiger partial charge in [-0.15, -0.1) is 0 Å². The van der Waals surface area contributed by atoms with Crippen molar-refractivity contribution in [1.82, 2.24) is 10.2 Å². The Morgan fingerprint density at radius 1 is 1.13 bits per heavy atom. The zero-order valence-corrected chi connectivity index (χ0v) is 22.6. The van der Waals surface area contributed by atoms with Crippen LogP contribution in [-0.4, -0.2) is 53.7 Å². The minimum Gasteiger partial charge on any atom is -0.490 e. The first kappa shape index (κ1) is 26.7. The number of hydrogen-bond donors (Lipinski definition) is 2. The molecule has 7 heteroatoms. The molecule has 0 bridgehead atoms. The molecule has 3 fully saturated rings. The molecule has 2 aromatic carbocycles. The van der Waals surface area contributed by atoms with Crippen LogP contribution < -0.4 is 10.1 Å². The Kier molecular flexibility index (Phi) is 7.49. The first-order valence-corrected chi connectivity index (χ1v) is 13.9. The fourth-order valence-corrected chi connectivity index (χ4v) is 6.63. The van der Waals surface area contributed by atoms with Crippen molar-refractivity contribution in [2.45, 2.75) is 89.3 Å². The fourth-order valence-electron chi connectivity index (χ4n) is 6.63. The molecule has 0 spiro atoms. The van der Waals surface area contributed by atoms with Gasteiger partial charge in [-0.05, 0) is 79.3 Å². The van der Waals surface area contributed by atoms with Gasteiger partial charge >= 0.3 is 5.97 Å². The van der Waals surface area contributed by atoms with Gasteiger partial charge in [-0.3, -0.25) is 14.5 Å². The van der Waals surface area contributed by atoms with E-state index in [4.69, 9.17) is 4.74 Å². The number of hydrogen-bond acceptors (Lipinski definition) is 4. The third-order valence-corrected chi connectivity index (χ3v) is 8.57. The highest BCUT2D eigenvalue weighted by Crippen LogP contribution is 2.46. The van der Waals surface area contributed by atoms with Crippen LogP contribution in [0.15, 0.2) is 36.4 Å². The van der Waals surface area contributed by atoms with E-state index in [9.17, 15) is 14.7 Å². The molecule has 3 atom stereocenters. The molecule has 1 saturated heterocycles. The maximum absolute atomic E-state index is 15.1.